The zero-order valence-electron chi connectivity index (χ0n) is 19.0. The molecule has 0 bridgehead atoms. The first-order valence-electron chi connectivity index (χ1n) is 11.9. The van der Waals surface area contributed by atoms with Gasteiger partial charge in [0, 0.05) is 18.3 Å². The zero-order valence-corrected chi connectivity index (χ0v) is 19.0. The molecule has 6 nitrogen and oxygen atoms in total. The van der Waals surface area contributed by atoms with Crippen LogP contribution >= 0.6 is 0 Å². The van der Waals surface area contributed by atoms with E-state index in [1.807, 2.05) is 13.8 Å². The summed E-state index contributed by atoms with van der Waals surface area (Å²) in [5, 5.41) is 21.3. The van der Waals surface area contributed by atoms with E-state index < -0.39 is 35.5 Å². The largest absolute Gasteiger partial charge is 0.450 e. The molecule has 0 amide bonds. The minimum absolute atomic E-state index is 0.0325. The highest BCUT2D eigenvalue weighted by atomic mass is 16.6. The second kappa shape index (κ2) is 7.80. The molecule has 3 fully saturated rings. The summed E-state index contributed by atoms with van der Waals surface area (Å²) in [7, 11) is 0. The Kier molecular flexibility index (Phi) is 5.70. The Labute approximate surface area is 184 Å². The zero-order chi connectivity index (χ0) is 22.6. The number of carbonyl (C=O) groups excluding carboxylic acids is 3. The molecule has 0 radical (unpaired) electrons. The Morgan fingerprint density at radius 2 is 1.94 bits per heavy atom. The van der Waals surface area contributed by atoms with E-state index >= 15 is 0 Å². The Bertz CT molecular complexity index is 817. The number of fused-ring (bicyclic) bond motifs is 5. The normalized spacial score (nSPS) is 44.0. The quantitative estimate of drug-likeness (QED) is 0.648. The van der Waals surface area contributed by atoms with Gasteiger partial charge in [-0.3, -0.25) is 14.4 Å². The lowest BCUT2D eigenvalue weighted by molar-refractivity contribution is -0.202. The van der Waals surface area contributed by atoms with E-state index in [4.69, 9.17) is 4.74 Å². The first kappa shape index (κ1) is 22.7. The van der Waals surface area contributed by atoms with E-state index in [0.29, 0.717) is 25.7 Å². The van der Waals surface area contributed by atoms with Crippen LogP contribution in [0.2, 0.25) is 0 Å². The average molecular weight is 433 g/mol. The number of carbonyl (C=O) groups is 3. The third-order valence-corrected chi connectivity index (χ3v) is 9.35. The average Bonchev–Trinajstić information content (AvgIpc) is 3.00. The van der Waals surface area contributed by atoms with Crippen molar-refractivity contribution in [3.05, 3.63) is 11.6 Å². The fourth-order valence-electron chi connectivity index (χ4n) is 7.94. The van der Waals surface area contributed by atoms with Crippen LogP contribution in [-0.2, 0) is 19.1 Å². The van der Waals surface area contributed by atoms with Crippen molar-refractivity contribution in [1.82, 2.24) is 0 Å². The Morgan fingerprint density at radius 1 is 1.19 bits per heavy atom. The first-order valence-corrected chi connectivity index (χ1v) is 11.9. The highest BCUT2D eigenvalue weighted by Gasteiger charge is 2.70. The number of rotatable bonds is 5. The maximum absolute atomic E-state index is 13.1. The predicted molar refractivity (Wildman–Crippen MR) is 114 cm³/mol. The van der Waals surface area contributed by atoms with Gasteiger partial charge >= 0.3 is 5.97 Å². The molecule has 2 N–H and O–H groups in total. The number of Topliss-reactive ketones (excluding diaryl/α,β-unsaturated/α-hetero) is 1. The highest BCUT2D eigenvalue weighted by molar-refractivity contribution is 5.92. The van der Waals surface area contributed by atoms with Crippen molar-refractivity contribution in [2.45, 2.75) is 90.3 Å². The van der Waals surface area contributed by atoms with Gasteiger partial charge in [0.2, 0.25) is 5.78 Å². The molecule has 0 saturated heterocycles. The maximum Gasteiger partial charge on any atom is 0.306 e. The number of esters is 1. The summed E-state index contributed by atoms with van der Waals surface area (Å²) in [6.07, 6.45) is 6.48. The summed E-state index contributed by atoms with van der Waals surface area (Å²) in [6.45, 7) is 5.39. The van der Waals surface area contributed by atoms with Gasteiger partial charge < -0.3 is 14.9 Å². The van der Waals surface area contributed by atoms with Gasteiger partial charge in [0.1, 0.15) is 6.61 Å². The minimum atomic E-state index is -1.37. The molecule has 0 aromatic carbocycles. The Balaban J connectivity index is 1.73. The summed E-state index contributed by atoms with van der Waals surface area (Å²) < 4.78 is 5.92. The molecule has 4 rings (SSSR count). The van der Waals surface area contributed by atoms with Crippen molar-refractivity contribution >= 4 is 17.5 Å². The number of hydrogen-bond acceptors (Lipinski definition) is 6. The number of ether oxygens (including phenoxy) is 1. The third kappa shape index (κ3) is 3.16. The molecule has 3 saturated carbocycles. The fraction of sp³-hybridized carbons (Fsp3) is 0.800. The van der Waals surface area contributed by atoms with E-state index in [1.165, 1.54) is 0 Å². The first-order chi connectivity index (χ1) is 14.6. The fourth-order valence-corrected chi connectivity index (χ4v) is 7.94. The van der Waals surface area contributed by atoms with Crippen LogP contribution in [-0.4, -0.2) is 46.1 Å². The number of aliphatic hydroxyl groups excluding tert-OH is 2. The second-order valence-corrected chi connectivity index (χ2v) is 10.7. The topological polar surface area (TPSA) is 101 Å². The maximum atomic E-state index is 13.1. The standard InChI is InChI=1S/C25H36O6/c1-4-5-21(30)31-25(20(29)14-26)11-9-18-17-7-6-15-12-16(27)8-10-23(15,2)22(17)19(28)13-24(18,25)3/h12,17-19,22,26,28H,4-11,13-14H2,1-3H3/t17?,18?,19?,22?,23-,24+,25-/m0/s1. The summed E-state index contributed by atoms with van der Waals surface area (Å²) in [4.78, 5) is 37.6. The molecule has 0 spiro atoms. The van der Waals surface area contributed by atoms with E-state index in [2.05, 4.69) is 6.92 Å². The van der Waals surface area contributed by atoms with E-state index in [0.717, 1.165) is 31.3 Å². The lowest BCUT2D eigenvalue weighted by atomic mass is 9.45. The molecule has 0 heterocycles. The molecule has 4 unspecified atom stereocenters. The van der Waals surface area contributed by atoms with Gasteiger partial charge in [-0.05, 0) is 74.2 Å². The Hall–Kier alpha value is -1.53. The summed E-state index contributed by atoms with van der Waals surface area (Å²) in [5.74, 6) is -0.320. The molecule has 4 aliphatic rings. The minimum Gasteiger partial charge on any atom is -0.450 e. The number of aliphatic hydroxyl groups is 2. The van der Waals surface area contributed by atoms with Crippen LogP contribution in [0, 0.1) is 28.6 Å². The number of ketones is 2. The molecule has 6 heteroatoms. The summed E-state index contributed by atoms with van der Waals surface area (Å²) in [6, 6.07) is 0. The molecule has 31 heavy (non-hydrogen) atoms. The van der Waals surface area contributed by atoms with Crippen molar-refractivity contribution in [2.75, 3.05) is 6.61 Å². The van der Waals surface area contributed by atoms with Crippen LogP contribution in [0.15, 0.2) is 11.6 Å². The van der Waals surface area contributed by atoms with Gasteiger partial charge in [-0.1, -0.05) is 26.3 Å². The van der Waals surface area contributed by atoms with Crippen LogP contribution in [0.4, 0.5) is 0 Å². The van der Waals surface area contributed by atoms with Crippen LogP contribution in [0.1, 0.15) is 78.6 Å². The van der Waals surface area contributed by atoms with Crippen LogP contribution in [0.5, 0.6) is 0 Å². The van der Waals surface area contributed by atoms with Crippen molar-refractivity contribution in [2.24, 2.45) is 28.6 Å². The van der Waals surface area contributed by atoms with Crippen LogP contribution in [0.3, 0.4) is 0 Å². The van der Waals surface area contributed by atoms with Gasteiger partial charge in [-0.15, -0.1) is 0 Å². The molecule has 0 aromatic rings. The van der Waals surface area contributed by atoms with Gasteiger partial charge in [-0.2, -0.15) is 0 Å². The highest BCUT2D eigenvalue weighted by Crippen LogP contribution is 2.68. The van der Waals surface area contributed by atoms with E-state index in [9.17, 15) is 24.6 Å². The van der Waals surface area contributed by atoms with Crippen molar-refractivity contribution in [3.8, 4) is 0 Å². The van der Waals surface area contributed by atoms with E-state index in [-0.39, 0.29) is 35.4 Å². The summed E-state index contributed by atoms with van der Waals surface area (Å²) >= 11 is 0. The number of hydrogen-bond donors (Lipinski definition) is 2. The van der Waals surface area contributed by atoms with Gasteiger partial charge in [0.15, 0.2) is 11.4 Å². The predicted octanol–water partition coefficient (Wildman–Crippen LogP) is 3.13. The summed E-state index contributed by atoms with van der Waals surface area (Å²) in [5.41, 5.74) is -1.12. The molecule has 4 aliphatic carbocycles. The number of allylic oxidation sites excluding steroid dienone is 1. The Morgan fingerprint density at radius 3 is 2.61 bits per heavy atom. The van der Waals surface area contributed by atoms with Crippen molar-refractivity contribution in [1.29, 1.82) is 0 Å². The molecule has 7 atom stereocenters. The lowest BCUT2D eigenvalue weighted by Crippen LogP contribution is -2.63. The van der Waals surface area contributed by atoms with Crippen molar-refractivity contribution < 1.29 is 29.3 Å². The molecule has 0 aliphatic heterocycles. The third-order valence-electron chi connectivity index (χ3n) is 9.35. The smallest absolute Gasteiger partial charge is 0.306 e. The molecule has 172 valence electrons. The SMILES string of the molecule is CCCC(=O)O[C@]1(C(=O)CO)CCC2C3CCC4=CC(=O)CC[C@]4(C)C3C(O)C[C@]21C. The lowest BCUT2D eigenvalue weighted by Gasteiger charge is -2.60. The van der Waals surface area contributed by atoms with Crippen molar-refractivity contribution in [3.63, 3.8) is 0 Å². The van der Waals surface area contributed by atoms with Gasteiger partial charge in [0.25, 0.3) is 0 Å². The van der Waals surface area contributed by atoms with Gasteiger partial charge in [-0.25, -0.2) is 0 Å². The molecular formula is C25H36O6. The van der Waals surface area contributed by atoms with Gasteiger partial charge in [0.05, 0.1) is 6.10 Å². The molecular weight excluding hydrogens is 396 g/mol. The van der Waals surface area contributed by atoms with Crippen LogP contribution in [0.25, 0.3) is 0 Å². The second-order valence-electron chi connectivity index (χ2n) is 10.7. The molecule has 0 aromatic heterocycles. The monoisotopic (exact) mass is 432 g/mol. The van der Waals surface area contributed by atoms with E-state index in [1.54, 1.807) is 6.08 Å². The van der Waals surface area contributed by atoms with Crippen LogP contribution < -0.4 is 0 Å².